The van der Waals surface area contributed by atoms with Crippen LogP contribution in [0.2, 0.25) is 0 Å². The van der Waals surface area contributed by atoms with Crippen LogP contribution >= 0.6 is 15.9 Å². The van der Waals surface area contributed by atoms with Crippen LogP contribution in [0, 0.1) is 5.82 Å². The van der Waals surface area contributed by atoms with Crippen LogP contribution in [0.4, 0.5) is 10.1 Å². The van der Waals surface area contributed by atoms with Crippen LogP contribution in [0.25, 0.3) is 0 Å². The molecule has 0 bridgehead atoms. The van der Waals surface area contributed by atoms with E-state index in [1.54, 1.807) is 29.2 Å². The molecule has 1 aliphatic rings. The summed E-state index contributed by atoms with van der Waals surface area (Å²) in [6.45, 7) is 1.50. The quantitative estimate of drug-likeness (QED) is 0.798. The second-order valence-electron chi connectivity index (χ2n) is 5.98. The molecule has 0 spiro atoms. The zero-order valence-electron chi connectivity index (χ0n) is 14.0. The van der Waals surface area contributed by atoms with E-state index in [4.69, 9.17) is 4.74 Å². The summed E-state index contributed by atoms with van der Waals surface area (Å²) in [4.78, 5) is 26.1. The molecule has 0 aromatic heterocycles. The number of carbonyl (C=O) groups is 2. The average Bonchev–Trinajstić information content (AvgIpc) is 3.17. The molecule has 136 valence electrons. The minimum absolute atomic E-state index is 0.0440. The predicted octanol–water partition coefficient (Wildman–Crippen LogP) is 3.84. The molecule has 2 amide bonds. The molecule has 0 unspecified atom stereocenters. The number of halogens is 2. The van der Waals surface area contributed by atoms with E-state index in [2.05, 4.69) is 21.2 Å². The van der Waals surface area contributed by atoms with E-state index in [-0.39, 0.29) is 18.1 Å². The molecule has 1 N–H and O–H groups in total. The van der Waals surface area contributed by atoms with Gasteiger partial charge in [-0.05, 0) is 43.2 Å². The highest BCUT2D eigenvalue weighted by atomic mass is 79.9. The highest BCUT2D eigenvalue weighted by Gasteiger charge is 2.18. The Kier molecular flexibility index (Phi) is 5.88. The van der Waals surface area contributed by atoms with Gasteiger partial charge in [0.1, 0.15) is 11.6 Å². The van der Waals surface area contributed by atoms with Gasteiger partial charge in [-0.1, -0.05) is 22.0 Å². The van der Waals surface area contributed by atoms with Gasteiger partial charge >= 0.3 is 0 Å². The van der Waals surface area contributed by atoms with Crippen LogP contribution in [0.1, 0.15) is 23.2 Å². The number of amides is 2. The van der Waals surface area contributed by atoms with Crippen molar-refractivity contribution < 1.29 is 18.7 Å². The molecule has 1 heterocycles. The Morgan fingerprint density at radius 2 is 1.92 bits per heavy atom. The van der Waals surface area contributed by atoms with Crippen LogP contribution < -0.4 is 10.1 Å². The van der Waals surface area contributed by atoms with Crippen molar-refractivity contribution in [3.8, 4) is 5.75 Å². The Morgan fingerprint density at radius 3 is 2.69 bits per heavy atom. The lowest BCUT2D eigenvalue weighted by Crippen LogP contribution is -2.32. The zero-order chi connectivity index (χ0) is 18.5. The van der Waals surface area contributed by atoms with Gasteiger partial charge in [0.25, 0.3) is 11.8 Å². The van der Waals surface area contributed by atoms with Crippen LogP contribution in [-0.4, -0.2) is 36.4 Å². The van der Waals surface area contributed by atoms with Gasteiger partial charge in [-0.15, -0.1) is 0 Å². The number of nitrogens with one attached hydrogen (secondary N) is 1. The molecule has 3 rings (SSSR count). The van der Waals surface area contributed by atoms with E-state index in [1.807, 2.05) is 0 Å². The highest BCUT2D eigenvalue weighted by Crippen LogP contribution is 2.21. The molecular weight excluding hydrogens is 403 g/mol. The topological polar surface area (TPSA) is 58.6 Å². The normalized spacial score (nSPS) is 13.5. The maximum atomic E-state index is 13.8. The lowest BCUT2D eigenvalue weighted by molar-refractivity contribution is -0.132. The maximum absolute atomic E-state index is 13.8. The maximum Gasteiger partial charge on any atom is 0.260 e. The molecular formula is C19H18BrFN2O3. The summed E-state index contributed by atoms with van der Waals surface area (Å²) in [7, 11) is 0. The molecule has 1 saturated heterocycles. The minimum Gasteiger partial charge on any atom is -0.484 e. The van der Waals surface area contributed by atoms with Gasteiger partial charge in [0, 0.05) is 29.3 Å². The SMILES string of the molecule is O=C(Nc1cccc(OCC(=O)N2CCCC2)c1)c1cc(Br)ccc1F. The molecule has 5 nitrogen and oxygen atoms in total. The van der Waals surface area contributed by atoms with Crippen molar-refractivity contribution in [2.45, 2.75) is 12.8 Å². The summed E-state index contributed by atoms with van der Waals surface area (Å²) >= 11 is 3.22. The second kappa shape index (κ2) is 8.31. The molecule has 1 fully saturated rings. The largest absolute Gasteiger partial charge is 0.484 e. The predicted molar refractivity (Wildman–Crippen MR) is 99.8 cm³/mol. The number of anilines is 1. The summed E-state index contributed by atoms with van der Waals surface area (Å²) < 4.78 is 20.0. The summed E-state index contributed by atoms with van der Waals surface area (Å²) in [6, 6.07) is 10.8. The molecule has 0 radical (unpaired) electrons. The van der Waals surface area contributed by atoms with E-state index in [0.29, 0.717) is 15.9 Å². The first-order chi connectivity index (χ1) is 12.5. The third kappa shape index (κ3) is 4.60. The monoisotopic (exact) mass is 420 g/mol. The third-order valence-electron chi connectivity index (χ3n) is 4.09. The average molecular weight is 421 g/mol. The third-order valence-corrected chi connectivity index (χ3v) is 4.58. The van der Waals surface area contributed by atoms with Gasteiger partial charge in [-0.2, -0.15) is 0 Å². The summed E-state index contributed by atoms with van der Waals surface area (Å²) in [6.07, 6.45) is 2.05. The zero-order valence-corrected chi connectivity index (χ0v) is 15.6. The first kappa shape index (κ1) is 18.4. The van der Waals surface area contributed by atoms with E-state index in [0.717, 1.165) is 25.9 Å². The van der Waals surface area contributed by atoms with E-state index in [1.165, 1.54) is 18.2 Å². The van der Waals surface area contributed by atoms with Crippen molar-refractivity contribution in [2.24, 2.45) is 0 Å². The van der Waals surface area contributed by atoms with Crippen molar-refractivity contribution >= 4 is 33.4 Å². The fourth-order valence-corrected chi connectivity index (χ4v) is 3.10. The van der Waals surface area contributed by atoms with Gasteiger partial charge in [0.05, 0.1) is 5.56 Å². The first-order valence-corrected chi connectivity index (χ1v) is 9.09. The molecule has 0 aliphatic carbocycles. The molecule has 2 aromatic rings. The fourth-order valence-electron chi connectivity index (χ4n) is 2.74. The van der Waals surface area contributed by atoms with Crippen LogP contribution in [0.15, 0.2) is 46.9 Å². The number of nitrogens with zero attached hydrogens (tertiary/aromatic N) is 1. The first-order valence-electron chi connectivity index (χ1n) is 8.30. The second-order valence-corrected chi connectivity index (χ2v) is 6.90. The number of benzene rings is 2. The molecule has 0 saturated carbocycles. The standard InChI is InChI=1S/C19H18BrFN2O3/c20-13-6-7-17(21)16(10-13)19(25)22-14-4-3-5-15(11-14)26-12-18(24)23-8-1-2-9-23/h3-7,10-11H,1-2,8-9,12H2,(H,22,25). The highest BCUT2D eigenvalue weighted by molar-refractivity contribution is 9.10. The summed E-state index contributed by atoms with van der Waals surface area (Å²) in [5.41, 5.74) is 0.399. The lowest BCUT2D eigenvalue weighted by Gasteiger charge is -2.15. The Bertz CT molecular complexity index is 822. The molecule has 2 aromatic carbocycles. The van der Waals surface area contributed by atoms with Crippen molar-refractivity contribution in [3.05, 3.63) is 58.3 Å². The van der Waals surface area contributed by atoms with Gasteiger partial charge < -0.3 is 15.0 Å². The van der Waals surface area contributed by atoms with Crippen LogP contribution in [-0.2, 0) is 4.79 Å². The van der Waals surface area contributed by atoms with Crippen molar-refractivity contribution in [2.75, 3.05) is 25.0 Å². The Balaban J connectivity index is 1.62. The Hall–Kier alpha value is -2.41. The van der Waals surface area contributed by atoms with E-state index >= 15 is 0 Å². The van der Waals surface area contributed by atoms with Crippen molar-refractivity contribution in [1.29, 1.82) is 0 Å². The number of hydrogen-bond donors (Lipinski definition) is 1. The molecule has 26 heavy (non-hydrogen) atoms. The van der Waals surface area contributed by atoms with Crippen molar-refractivity contribution in [1.82, 2.24) is 4.90 Å². The lowest BCUT2D eigenvalue weighted by atomic mass is 10.2. The van der Waals surface area contributed by atoms with Gasteiger partial charge in [0.2, 0.25) is 0 Å². The van der Waals surface area contributed by atoms with Crippen LogP contribution in [0.3, 0.4) is 0 Å². The summed E-state index contributed by atoms with van der Waals surface area (Å²) in [5.74, 6) is -0.749. The fraction of sp³-hybridized carbons (Fsp3) is 0.263. The van der Waals surface area contributed by atoms with Gasteiger partial charge in [-0.3, -0.25) is 9.59 Å². The molecule has 1 aliphatic heterocycles. The summed E-state index contributed by atoms with van der Waals surface area (Å²) in [5, 5.41) is 2.63. The number of carbonyl (C=O) groups excluding carboxylic acids is 2. The van der Waals surface area contributed by atoms with Crippen LogP contribution in [0.5, 0.6) is 5.75 Å². The Morgan fingerprint density at radius 1 is 1.15 bits per heavy atom. The smallest absolute Gasteiger partial charge is 0.260 e. The number of likely N-dealkylation sites (tertiary alicyclic amines) is 1. The molecule has 7 heteroatoms. The molecule has 0 atom stereocenters. The van der Waals surface area contributed by atoms with Crippen molar-refractivity contribution in [3.63, 3.8) is 0 Å². The van der Waals surface area contributed by atoms with E-state index < -0.39 is 11.7 Å². The number of rotatable bonds is 5. The van der Waals surface area contributed by atoms with E-state index in [9.17, 15) is 14.0 Å². The minimum atomic E-state index is -0.602. The number of hydrogen-bond acceptors (Lipinski definition) is 3. The van der Waals surface area contributed by atoms with Gasteiger partial charge in [0.15, 0.2) is 6.61 Å². The van der Waals surface area contributed by atoms with Gasteiger partial charge in [-0.25, -0.2) is 4.39 Å². The number of ether oxygens (including phenoxy) is 1. The Labute approximate surface area is 159 Å².